The summed E-state index contributed by atoms with van der Waals surface area (Å²) in [6.07, 6.45) is 19.4. The molecule has 0 aromatic rings. The van der Waals surface area contributed by atoms with Crippen LogP contribution >= 0.6 is 0 Å². The van der Waals surface area contributed by atoms with E-state index in [1.165, 1.54) is 89.9 Å². The van der Waals surface area contributed by atoms with Gasteiger partial charge in [0.15, 0.2) is 0 Å². The minimum Gasteiger partial charge on any atom is -0.394 e. The lowest BCUT2D eigenvalue weighted by molar-refractivity contribution is -0.134. The van der Waals surface area contributed by atoms with Gasteiger partial charge in [0.1, 0.15) is 0 Å². The number of amides is 1. The van der Waals surface area contributed by atoms with Crippen molar-refractivity contribution in [2.75, 3.05) is 19.7 Å². The monoisotopic (exact) mass is 429 g/mol. The Kier molecular flexibility index (Phi) is 21.1. The molecule has 0 aliphatic rings. The van der Waals surface area contributed by atoms with Gasteiger partial charge in [-0.3, -0.25) is 4.79 Å². The first kappa shape index (κ1) is 29.4. The first-order valence-electron chi connectivity index (χ1n) is 12.8. The quantitative estimate of drug-likeness (QED) is 0.207. The van der Waals surface area contributed by atoms with Crippen LogP contribution in [0.1, 0.15) is 123 Å². The third-order valence-electron chi connectivity index (χ3n) is 5.75. The van der Waals surface area contributed by atoms with Crippen molar-refractivity contribution < 1.29 is 20.1 Å². The summed E-state index contributed by atoms with van der Waals surface area (Å²) in [6.45, 7) is 4.23. The van der Waals surface area contributed by atoms with Gasteiger partial charge < -0.3 is 20.2 Å². The molecule has 0 aromatic carbocycles. The summed E-state index contributed by atoms with van der Waals surface area (Å²) in [5, 5.41) is 28.1. The van der Waals surface area contributed by atoms with Crippen LogP contribution in [0.3, 0.4) is 0 Å². The number of hydrogen-bond acceptors (Lipinski definition) is 4. The van der Waals surface area contributed by atoms with Crippen molar-refractivity contribution in [3.05, 3.63) is 0 Å². The summed E-state index contributed by atoms with van der Waals surface area (Å²) in [6, 6.07) is 0. The molecule has 0 radical (unpaired) electrons. The molecule has 0 saturated heterocycles. The second-order valence-corrected chi connectivity index (χ2v) is 9.03. The van der Waals surface area contributed by atoms with Gasteiger partial charge in [-0.2, -0.15) is 0 Å². The Balaban J connectivity index is 3.57. The fourth-order valence-corrected chi connectivity index (χ4v) is 3.86. The number of aliphatic hydroxyl groups excluding tert-OH is 3. The van der Waals surface area contributed by atoms with Crippen LogP contribution in [0, 0.1) is 0 Å². The first-order chi connectivity index (χ1) is 14.5. The van der Waals surface area contributed by atoms with Crippen molar-refractivity contribution in [2.24, 2.45) is 0 Å². The molecular weight excluding hydrogens is 378 g/mol. The molecule has 0 aliphatic carbocycles. The maximum Gasteiger partial charge on any atom is 0.225 e. The largest absolute Gasteiger partial charge is 0.394 e. The fourth-order valence-electron chi connectivity index (χ4n) is 3.86. The SMILES string of the molecule is CCCCCCCCCCCCCCCCCCN(CC(O)CO)C(=O)CC(C)O. The van der Waals surface area contributed by atoms with Gasteiger partial charge in [-0.25, -0.2) is 0 Å². The van der Waals surface area contributed by atoms with Gasteiger partial charge in [0.25, 0.3) is 0 Å². The molecule has 2 unspecified atom stereocenters. The number of hydrogen-bond donors (Lipinski definition) is 3. The smallest absolute Gasteiger partial charge is 0.225 e. The highest BCUT2D eigenvalue weighted by molar-refractivity contribution is 5.76. The molecule has 180 valence electrons. The minimum atomic E-state index is -0.913. The Bertz CT molecular complexity index is 376. The summed E-state index contributed by atoms with van der Waals surface area (Å²) >= 11 is 0. The molecule has 2 atom stereocenters. The van der Waals surface area contributed by atoms with Gasteiger partial charge in [0, 0.05) is 13.1 Å². The van der Waals surface area contributed by atoms with Crippen LogP contribution in [0.5, 0.6) is 0 Å². The van der Waals surface area contributed by atoms with Crippen molar-refractivity contribution in [3.8, 4) is 0 Å². The molecule has 0 spiro atoms. The summed E-state index contributed by atoms with van der Waals surface area (Å²) < 4.78 is 0. The van der Waals surface area contributed by atoms with Crippen LogP contribution in [-0.4, -0.2) is 58.0 Å². The molecule has 0 aliphatic heterocycles. The maximum atomic E-state index is 12.2. The van der Waals surface area contributed by atoms with E-state index < -0.39 is 12.2 Å². The Morgan fingerprint density at radius 1 is 0.733 bits per heavy atom. The van der Waals surface area contributed by atoms with E-state index in [4.69, 9.17) is 5.11 Å². The van der Waals surface area contributed by atoms with Gasteiger partial charge in [0.2, 0.25) is 5.91 Å². The average Bonchev–Trinajstić information content (AvgIpc) is 2.71. The Labute approximate surface area is 186 Å². The van der Waals surface area contributed by atoms with Crippen LogP contribution in [0.2, 0.25) is 0 Å². The molecule has 1 amide bonds. The van der Waals surface area contributed by atoms with Crippen LogP contribution in [0.4, 0.5) is 0 Å². The number of rotatable bonds is 22. The van der Waals surface area contributed by atoms with Crippen LogP contribution in [-0.2, 0) is 4.79 Å². The van der Waals surface area contributed by atoms with E-state index in [9.17, 15) is 15.0 Å². The fraction of sp³-hybridized carbons (Fsp3) is 0.960. The zero-order chi connectivity index (χ0) is 22.5. The Morgan fingerprint density at radius 2 is 1.13 bits per heavy atom. The van der Waals surface area contributed by atoms with Gasteiger partial charge in [-0.15, -0.1) is 0 Å². The standard InChI is InChI=1S/C25H51NO4/c1-3-4-5-6-7-8-9-10-11-12-13-14-15-16-17-18-19-26(21-24(29)22-27)25(30)20-23(2)28/h23-24,27-29H,3-22H2,1-2H3. The normalized spacial score (nSPS) is 13.4. The van der Waals surface area contributed by atoms with Crippen LogP contribution in [0.15, 0.2) is 0 Å². The van der Waals surface area contributed by atoms with E-state index in [1.54, 1.807) is 11.8 Å². The molecular formula is C25H51NO4. The lowest BCUT2D eigenvalue weighted by Gasteiger charge is -2.25. The summed E-state index contributed by atoms with van der Waals surface area (Å²) in [4.78, 5) is 13.8. The first-order valence-corrected chi connectivity index (χ1v) is 12.8. The minimum absolute atomic E-state index is 0.0665. The van der Waals surface area contributed by atoms with Gasteiger partial charge in [-0.05, 0) is 13.3 Å². The highest BCUT2D eigenvalue weighted by Crippen LogP contribution is 2.14. The number of nitrogens with zero attached hydrogens (tertiary/aromatic N) is 1. The van der Waals surface area contributed by atoms with Gasteiger partial charge in [-0.1, -0.05) is 103 Å². The predicted molar refractivity (Wildman–Crippen MR) is 126 cm³/mol. The van der Waals surface area contributed by atoms with Crippen molar-refractivity contribution in [2.45, 2.75) is 135 Å². The zero-order valence-electron chi connectivity index (χ0n) is 20.0. The molecule has 3 N–H and O–H groups in total. The molecule has 0 aromatic heterocycles. The lowest BCUT2D eigenvalue weighted by atomic mass is 10.0. The highest BCUT2D eigenvalue weighted by Gasteiger charge is 2.18. The molecule has 30 heavy (non-hydrogen) atoms. The molecule has 0 bridgehead atoms. The molecule has 5 heteroatoms. The third-order valence-corrected chi connectivity index (χ3v) is 5.75. The van der Waals surface area contributed by atoms with E-state index in [0.717, 1.165) is 12.8 Å². The van der Waals surface area contributed by atoms with Crippen molar-refractivity contribution in [1.29, 1.82) is 0 Å². The Hall–Kier alpha value is -0.650. The topological polar surface area (TPSA) is 81.0 Å². The maximum absolute atomic E-state index is 12.2. The van der Waals surface area contributed by atoms with E-state index in [0.29, 0.717) is 6.54 Å². The summed E-state index contributed by atoms with van der Waals surface area (Å²) in [7, 11) is 0. The Morgan fingerprint density at radius 3 is 1.50 bits per heavy atom. The predicted octanol–water partition coefficient (Wildman–Crippen LogP) is 5.20. The van der Waals surface area contributed by atoms with Crippen molar-refractivity contribution >= 4 is 5.91 Å². The lowest BCUT2D eigenvalue weighted by Crippen LogP contribution is -2.40. The highest BCUT2D eigenvalue weighted by atomic mass is 16.3. The zero-order valence-corrected chi connectivity index (χ0v) is 20.0. The summed E-state index contributed by atoms with van der Waals surface area (Å²) in [5.41, 5.74) is 0. The second kappa shape index (κ2) is 21.6. The number of unbranched alkanes of at least 4 members (excludes halogenated alkanes) is 15. The van der Waals surface area contributed by atoms with Crippen LogP contribution < -0.4 is 0 Å². The molecule has 0 fully saturated rings. The van der Waals surface area contributed by atoms with E-state index in [-0.39, 0.29) is 25.5 Å². The number of carbonyl (C=O) groups is 1. The molecule has 0 rings (SSSR count). The average molecular weight is 430 g/mol. The van der Waals surface area contributed by atoms with Gasteiger partial charge in [0.05, 0.1) is 25.2 Å². The molecule has 5 nitrogen and oxygen atoms in total. The van der Waals surface area contributed by atoms with Crippen molar-refractivity contribution in [1.82, 2.24) is 4.90 Å². The second-order valence-electron chi connectivity index (χ2n) is 9.03. The summed E-state index contributed by atoms with van der Waals surface area (Å²) in [5.74, 6) is -0.154. The third kappa shape index (κ3) is 19.3. The number of aliphatic hydroxyl groups is 3. The molecule has 0 saturated carbocycles. The molecule has 0 heterocycles. The van der Waals surface area contributed by atoms with E-state index >= 15 is 0 Å². The number of carbonyl (C=O) groups excluding carboxylic acids is 1. The van der Waals surface area contributed by atoms with Crippen LogP contribution in [0.25, 0.3) is 0 Å². The van der Waals surface area contributed by atoms with Crippen molar-refractivity contribution in [3.63, 3.8) is 0 Å². The van der Waals surface area contributed by atoms with E-state index in [2.05, 4.69) is 6.92 Å². The van der Waals surface area contributed by atoms with Gasteiger partial charge >= 0.3 is 0 Å². The van der Waals surface area contributed by atoms with E-state index in [1.807, 2.05) is 0 Å².